The van der Waals surface area contributed by atoms with Crippen molar-refractivity contribution in [2.75, 3.05) is 32.7 Å². The van der Waals surface area contributed by atoms with E-state index in [1.54, 1.807) is 0 Å². The molecule has 0 fully saturated rings. The third kappa shape index (κ3) is 5.54. The van der Waals surface area contributed by atoms with Crippen LogP contribution in [0.2, 0.25) is 0 Å². The Morgan fingerprint density at radius 3 is 2.04 bits per heavy atom. The second-order valence-corrected chi connectivity index (χ2v) is 7.62. The fraction of sp³-hybridized carbons (Fsp3) is 0.440. The molecular formula is C25H35N3. The molecule has 0 unspecified atom stereocenters. The van der Waals surface area contributed by atoms with Crippen molar-refractivity contribution in [2.45, 2.75) is 39.2 Å². The summed E-state index contributed by atoms with van der Waals surface area (Å²) in [6.45, 7) is 8.53. The molecule has 3 rings (SSSR count). The summed E-state index contributed by atoms with van der Waals surface area (Å²) in [5.74, 6) is 0. The first-order valence-corrected chi connectivity index (χ1v) is 10.9. The van der Waals surface area contributed by atoms with Gasteiger partial charge in [0, 0.05) is 6.54 Å². The van der Waals surface area contributed by atoms with E-state index in [1.165, 1.54) is 46.4 Å². The zero-order valence-electron chi connectivity index (χ0n) is 17.3. The molecule has 0 spiro atoms. The van der Waals surface area contributed by atoms with E-state index in [9.17, 15) is 0 Å². The Morgan fingerprint density at radius 1 is 0.821 bits per heavy atom. The molecule has 0 aromatic heterocycles. The molecule has 0 saturated carbocycles. The zero-order valence-corrected chi connectivity index (χ0v) is 17.3. The molecule has 0 aliphatic heterocycles. The molecule has 0 heterocycles. The minimum atomic E-state index is 0.802. The monoisotopic (exact) mass is 377 g/mol. The third-order valence-corrected chi connectivity index (χ3v) is 5.60. The summed E-state index contributed by atoms with van der Waals surface area (Å²) in [4.78, 5) is 2.59. The molecule has 3 nitrogen and oxygen atoms in total. The van der Waals surface area contributed by atoms with Crippen LogP contribution in [-0.2, 0) is 6.54 Å². The summed E-state index contributed by atoms with van der Waals surface area (Å²) in [6.07, 6.45) is 4.77. The van der Waals surface area contributed by atoms with Crippen molar-refractivity contribution in [3.05, 3.63) is 60.2 Å². The normalized spacial score (nSPS) is 11.7. The average Bonchev–Trinajstić information content (AvgIpc) is 2.74. The SMILES string of the molecule is CCN(CCCCNCCCCN)Cc1c2ccccc2cc2ccccc12. The van der Waals surface area contributed by atoms with Crippen molar-refractivity contribution in [3.8, 4) is 0 Å². The number of fused-ring (bicyclic) bond motifs is 2. The maximum absolute atomic E-state index is 5.54. The fourth-order valence-electron chi connectivity index (χ4n) is 3.96. The summed E-state index contributed by atoms with van der Waals surface area (Å²) in [7, 11) is 0. The Balaban J connectivity index is 1.63. The highest BCUT2D eigenvalue weighted by Crippen LogP contribution is 2.29. The molecule has 0 amide bonds. The van der Waals surface area contributed by atoms with Crippen LogP contribution in [0.5, 0.6) is 0 Å². The predicted molar refractivity (Wildman–Crippen MR) is 123 cm³/mol. The number of benzene rings is 3. The number of nitrogens with one attached hydrogen (secondary N) is 1. The maximum Gasteiger partial charge on any atom is 0.0245 e. The van der Waals surface area contributed by atoms with E-state index in [4.69, 9.17) is 5.73 Å². The molecule has 3 N–H and O–H groups in total. The van der Waals surface area contributed by atoms with Gasteiger partial charge < -0.3 is 11.1 Å². The van der Waals surface area contributed by atoms with Gasteiger partial charge in [-0.3, -0.25) is 4.90 Å². The van der Waals surface area contributed by atoms with Crippen LogP contribution in [0, 0.1) is 0 Å². The van der Waals surface area contributed by atoms with E-state index in [1.807, 2.05) is 0 Å². The van der Waals surface area contributed by atoms with Gasteiger partial charge in [0.15, 0.2) is 0 Å². The quantitative estimate of drug-likeness (QED) is 0.347. The lowest BCUT2D eigenvalue weighted by Crippen LogP contribution is -2.25. The van der Waals surface area contributed by atoms with Gasteiger partial charge in [0.05, 0.1) is 0 Å². The van der Waals surface area contributed by atoms with Gasteiger partial charge in [-0.05, 0) is 91.6 Å². The van der Waals surface area contributed by atoms with Crippen LogP contribution in [0.15, 0.2) is 54.6 Å². The number of nitrogens with two attached hydrogens (primary N) is 1. The second-order valence-electron chi connectivity index (χ2n) is 7.62. The van der Waals surface area contributed by atoms with Crippen LogP contribution < -0.4 is 11.1 Å². The second kappa shape index (κ2) is 11.2. The molecule has 0 aliphatic carbocycles. The molecule has 0 radical (unpaired) electrons. The van der Waals surface area contributed by atoms with E-state index in [-0.39, 0.29) is 0 Å². The van der Waals surface area contributed by atoms with E-state index in [2.05, 4.69) is 71.7 Å². The number of hydrogen-bond donors (Lipinski definition) is 2. The van der Waals surface area contributed by atoms with Crippen LogP contribution in [0.1, 0.15) is 38.2 Å². The van der Waals surface area contributed by atoms with Gasteiger partial charge in [-0.25, -0.2) is 0 Å². The van der Waals surface area contributed by atoms with Crippen molar-refractivity contribution in [1.82, 2.24) is 10.2 Å². The van der Waals surface area contributed by atoms with Crippen LogP contribution in [0.4, 0.5) is 0 Å². The number of hydrogen-bond acceptors (Lipinski definition) is 3. The highest BCUT2D eigenvalue weighted by Gasteiger charge is 2.11. The Morgan fingerprint density at radius 2 is 1.43 bits per heavy atom. The Bertz CT molecular complexity index is 805. The lowest BCUT2D eigenvalue weighted by atomic mass is 9.96. The fourth-order valence-corrected chi connectivity index (χ4v) is 3.96. The van der Waals surface area contributed by atoms with Gasteiger partial charge in [-0.15, -0.1) is 0 Å². The van der Waals surface area contributed by atoms with Gasteiger partial charge in [-0.2, -0.15) is 0 Å². The lowest BCUT2D eigenvalue weighted by molar-refractivity contribution is 0.275. The smallest absolute Gasteiger partial charge is 0.0245 e. The largest absolute Gasteiger partial charge is 0.330 e. The van der Waals surface area contributed by atoms with Crippen LogP contribution in [0.3, 0.4) is 0 Å². The summed E-state index contributed by atoms with van der Waals surface area (Å²) in [6, 6.07) is 19.9. The van der Waals surface area contributed by atoms with E-state index >= 15 is 0 Å². The standard InChI is InChI=1S/C25H35N3/c1-2-28(18-10-9-17-27-16-8-7-15-26)20-25-23-13-5-3-11-21(23)19-22-12-4-6-14-24(22)25/h3-6,11-14,19,27H,2,7-10,15-18,20,26H2,1H3. The molecule has 3 aromatic carbocycles. The van der Waals surface area contributed by atoms with Gasteiger partial charge in [0.25, 0.3) is 0 Å². The van der Waals surface area contributed by atoms with E-state index in [0.29, 0.717) is 0 Å². The highest BCUT2D eigenvalue weighted by molar-refractivity contribution is 6.02. The van der Waals surface area contributed by atoms with Crippen molar-refractivity contribution >= 4 is 21.5 Å². The average molecular weight is 378 g/mol. The van der Waals surface area contributed by atoms with Crippen LogP contribution in [-0.4, -0.2) is 37.6 Å². The maximum atomic E-state index is 5.54. The Hall–Kier alpha value is -1.94. The first-order valence-electron chi connectivity index (χ1n) is 10.9. The van der Waals surface area contributed by atoms with E-state index in [0.717, 1.165) is 45.7 Å². The minimum Gasteiger partial charge on any atom is -0.330 e. The lowest BCUT2D eigenvalue weighted by Gasteiger charge is -2.23. The molecule has 0 aliphatic rings. The molecule has 3 heteroatoms. The summed E-state index contributed by atoms with van der Waals surface area (Å²) >= 11 is 0. The van der Waals surface area contributed by atoms with Crippen molar-refractivity contribution in [2.24, 2.45) is 5.73 Å². The Labute approximate surface area is 169 Å². The zero-order chi connectivity index (χ0) is 19.6. The number of nitrogens with zero attached hydrogens (tertiary/aromatic N) is 1. The first kappa shape index (κ1) is 20.8. The third-order valence-electron chi connectivity index (χ3n) is 5.60. The van der Waals surface area contributed by atoms with Gasteiger partial charge in [-0.1, -0.05) is 55.5 Å². The predicted octanol–water partition coefficient (Wildman–Crippen LogP) is 4.92. The number of unbranched alkanes of at least 4 members (excludes halogenated alkanes) is 2. The molecule has 0 saturated heterocycles. The summed E-state index contributed by atoms with van der Waals surface area (Å²) < 4.78 is 0. The van der Waals surface area contributed by atoms with Crippen LogP contribution >= 0.6 is 0 Å². The van der Waals surface area contributed by atoms with Gasteiger partial charge in [0.2, 0.25) is 0 Å². The topological polar surface area (TPSA) is 41.3 Å². The Kier molecular flexibility index (Phi) is 8.28. The molecular weight excluding hydrogens is 342 g/mol. The van der Waals surface area contributed by atoms with Gasteiger partial charge in [0.1, 0.15) is 0 Å². The molecule has 0 atom stereocenters. The number of rotatable bonds is 12. The van der Waals surface area contributed by atoms with E-state index < -0.39 is 0 Å². The first-order chi connectivity index (χ1) is 13.8. The van der Waals surface area contributed by atoms with Crippen molar-refractivity contribution < 1.29 is 0 Å². The molecule has 28 heavy (non-hydrogen) atoms. The minimum absolute atomic E-state index is 0.802. The van der Waals surface area contributed by atoms with Crippen LogP contribution in [0.25, 0.3) is 21.5 Å². The molecule has 0 bridgehead atoms. The van der Waals surface area contributed by atoms with Crippen molar-refractivity contribution in [3.63, 3.8) is 0 Å². The molecule has 3 aromatic rings. The summed E-state index contributed by atoms with van der Waals surface area (Å²) in [5.41, 5.74) is 7.01. The molecule has 150 valence electrons. The highest BCUT2D eigenvalue weighted by atomic mass is 15.1. The van der Waals surface area contributed by atoms with Gasteiger partial charge >= 0.3 is 0 Å². The summed E-state index contributed by atoms with van der Waals surface area (Å²) in [5, 5.41) is 9.00. The van der Waals surface area contributed by atoms with Crippen molar-refractivity contribution in [1.29, 1.82) is 0 Å².